The molecular weight excluding hydrogens is 221 g/mol. The van der Waals surface area contributed by atoms with Gasteiger partial charge in [0.15, 0.2) is 0 Å². The molecule has 0 saturated heterocycles. The summed E-state index contributed by atoms with van der Waals surface area (Å²) in [6.07, 6.45) is 2.13. The first-order valence-electron chi connectivity index (χ1n) is 6.06. The Hall–Kier alpha value is -1.13. The van der Waals surface area contributed by atoms with E-state index in [9.17, 15) is 9.50 Å². The molecule has 4 atom stereocenters. The molecule has 0 aromatic heterocycles. The van der Waals surface area contributed by atoms with Crippen LogP contribution in [0.3, 0.4) is 0 Å². The number of hydrogen-bond donors (Lipinski definition) is 2. The van der Waals surface area contributed by atoms with E-state index in [0.717, 1.165) is 19.3 Å². The Bertz CT molecular complexity index is 437. The smallest absolute Gasteiger partial charge is 0.124 e. The molecule has 3 rings (SSSR count). The first kappa shape index (κ1) is 11.0. The van der Waals surface area contributed by atoms with Gasteiger partial charge in [0.25, 0.3) is 0 Å². The molecule has 1 fully saturated rings. The van der Waals surface area contributed by atoms with Crippen LogP contribution in [0.4, 0.5) is 4.39 Å². The molecule has 0 amide bonds. The molecule has 1 aromatic rings. The Labute approximate surface area is 99.4 Å². The van der Waals surface area contributed by atoms with Crippen LogP contribution >= 0.6 is 0 Å². The van der Waals surface area contributed by atoms with E-state index in [2.05, 4.69) is 0 Å². The number of hydrogen-bond acceptors (Lipinski definition) is 3. The van der Waals surface area contributed by atoms with Crippen LogP contribution in [0.15, 0.2) is 18.2 Å². The van der Waals surface area contributed by atoms with Crippen molar-refractivity contribution in [1.82, 2.24) is 0 Å². The molecule has 1 aliphatic heterocycles. The van der Waals surface area contributed by atoms with Gasteiger partial charge >= 0.3 is 0 Å². The maximum atomic E-state index is 13.2. The van der Waals surface area contributed by atoms with Crippen LogP contribution in [-0.4, -0.2) is 17.3 Å². The zero-order valence-electron chi connectivity index (χ0n) is 9.47. The van der Waals surface area contributed by atoms with E-state index in [0.29, 0.717) is 11.3 Å². The molecule has 1 saturated carbocycles. The Morgan fingerprint density at radius 1 is 1.35 bits per heavy atom. The lowest BCUT2D eigenvalue weighted by Crippen LogP contribution is -2.48. The maximum absolute atomic E-state index is 13.2. The minimum Gasteiger partial charge on any atom is -0.490 e. The lowest BCUT2D eigenvalue weighted by Gasteiger charge is -2.43. The highest BCUT2D eigenvalue weighted by atomic mass is 19.1. The molecule has 17 heavy (non-hydrogen) atoms. The van der Waals surface area contributed by atoms with Crippen LogP contribution in [0.1, 0.15) is 30.9 Å². The summed E-state index contributed by atoms with van der Waals surface area (Å²) in [7, 11) is 0. The van der Waals surface area contributed by atoms with Crippen LogP contribution in [0.25, 0.3) is 0 Å². The van der Waals surface area contributed by atoms with Gasteiger partial charge < -0.3 is 15.6 Å². The molecule has 1 heterocycles. The second-order valence-corrected chi connectivity index (χ2v) is 4.94. The number of benzene rings is 1. The van der Waals surface area contributed by atoms with E-state index < -0.39 is 6.10 Å². The van der Waals surface area contributed by atoms with E-state index in [-0.39, 0.29) is 23.9 Å². The number of ether oxygens (including phenoxy) is 1. The van der Waals surface area contributed by atoms with Crippen molar-refractivity contribution in [2.24, 2.45) is 11.7 Å². The zero-order chi connectivity index (χ0) is 12.0. The molecule has 4 heteroatoms. The molecule has 0 bridgehead atoms. The van der Waals surface area contributed by atoms with Gasteiger partial charge in [-0.25, -0.2) is 4.39 Å². The number of rotatable bonds is 0. The van der Waals surface area contributed by atoms with Crippen LogP contribution in [0.2, 0.25) is 0 Å². The van der Waals surface area contributed by atoms with Crippen LogP contribution in [-0.2, 0) is 0 Å². The molecule has 1 aromatic carbocycles. The van der Waals surface area contributed by atoms with Gasteiger partial charge in [0, 0.05) is 17.5 Å². The molecule has 0 unspecified atom stereocenters. The van der Waals surface area contributed by atoms with Crippen LogP contribution in [0, 0.1) is 11.7 Å². The van der Waals surface area contributed by atoms with E-state index in [1.165, 1.54) is 12.1 Å². The van der Waals surface area contributed by atoms with Crippen molar-refractivity contribution >= 4 is 0 Å². The number of aliphatic hydroxyl groups is 1. The summed E-state index contributed by atoms with van der Waals surface area (Å²) in [5.74, 6) is 0.235. The van der Waals surface area contributed by atoms with Crippen molar-refractivity contribution in [3.63, 3.8) is 0 Å². The van der Waals surface area contributed by atoms with Gasteiger partial charge in [-0.1, -0.05) is 0 Å². The summed E-state index contributed by atoms with van der Waals surface area (Å²) in [6, 6.07) is 4.08. The number of nitrogens with two attached hydrogens (primary N) is 1. The number of halogens is 1. The highest BCUT2D eigenvalue weighted by Crippen LogP contribution is 2.43. The normalized spacial score (nSPS) is 35.7. The topological polar surface area (TPSA) is 55.5 Å². The predicted octanol–water partition coefficient (Wildman–Crippen LogP) is 1.75. The number of aliphatic hydroxyl groups excluding tert-OH is 1. The summed E-state index contributed by atoms with van der Waals surface area (Å²) in [6.45, 7) is 0. The average molecular weight is 237 g/mol. The monoisotopic (exact) mass is 237 g/mol. The van der Waals surface area contributed by atoms with E-state index >= 15 is 0 Å². The average Bonchev–Trinajstić information content (AvgIpc) is 2.30. The van der Waals surface area contributed by atoms with Gasteiger partial charge in [0.1, 0.15) is 17.7 Å². The summed E-state index contributed by atoms with van der Waals surface area (Å²) < 4.78 is 19.0. The summed E-state index contributed by atoms with van der Waals surface area (Å²) in [4.78, 5) is 0. The molecule has 2 aliphatic rings. The minimum atomic E-state index is -0.444. The fourth-order valence-electron chi connectivity index (χ4n) is 3.03. The standard InChI is InChI=1S/C13H16FNO2/c14-7-4-5-10-8(6-7)13(15)12-9(16)2-1-3-11(12)17-10/h4-6,9,11-13,16H,1-3,15H2/t9-,11+,12-,13+/m1/s1. The highest BCUT2D eigenvalue weighted by Gasteiger charge is 2.42. The van der Waals surface area contributed by atoms with E-state index in [1.54, 1.807) is 6.07 Å². The fraction of sp³-hybridized carbons (Fsp3) is 0.538. The van der Waals surface area contributed by atoms with Crippen molar-refractivity contribution in [3.8, 4) is 5.75 Å². The van der Waals surface area contributed by atoms with Gasteiger partial charge in [0.2, 0.25) is 0 Å². The van der Waals surface area contributed by atoms with Gasteiger partial charge in [-0.05, 0) is 37.5 Å². The van der Waals surface area contributed by atoms with Crippen molar-refractivity contribution < 1.29 is 14.2 Å². The van der Waals surface area contributed by atoms with Crippen molar-refractivity contribution in [2.75, 3.05) is 0 Å². The Kier molecular flexibility index (Phi) is 2.56. The number of fused-ring (bicyclic) bond motifs is 2. The molecule has 0 radical (unpaired) electrons. The predicted molar refractivity (Wildman–Crippen MR) is 61.1 cm³/mol. The third-order valence-corrected chi connectivity index (χ3v) is 3.89. The lowest BCUT2D eigenvalue weighted by atomic mass is 9.75. The summed E-state index contributed by atoms with van der Waals surface area (Å²) >= 11 is 0. The second kappa shape index (κ2) is 3.96. The third kappa shape index (κ3) is 1.72. The first-order valence-corrected chi connectivity index (χ1v) is 6.06. The van der Waals surface area contributed by atoms with E-state index in [1.807, 2.05) is 0 Å². The Morgan fingerprint density at radius 2 is 2.18 bits per heavy atom. The quantitative estimate of drug-likeness (QED) is 0.722. The molecule has 92 valence electrons. The molecule has 1 aliphatic carbocycles. The molecule has 3 N–H and O–H groups in total. The van der Waals surface area contributed by atoms with Crippen molar-refractivity contribution in [3.05, 3.63) is 29.6 Å². The minimum absolute atomic E-state index is 0.0355. The van der Waals surface area contributed by atoms with E-state index in [4.69, 9.17) is 10.5 Å². The highest BCUT2D eigenvalue weighted by molar-refractivity contribution is 5.39. The van der Waals surface area contributed by atoms with Crippen molar-refractivity contribution in [2.45, 2.75) is 37.5 Å². The third-order valence-electron chi connectivity index (χ3n) is 3.89. The SMILES string of the molecule is N[C@H]1c2cc(F)ccc2O[C@H]2CCC[C@@H](O)[C@H]21. The Morgan fingerprint density at radius 3 is 3.00 bits per heavy atom. The molecular formula is C13H16FNO2. The maximum Gasteiger partial charge on any atom is 0.124 e. The van der Waals surface area contributed by atoms with Gasteiger partial charge in [-0.3, -0.25) is 0 Å². The first-order chi connectivity index (χ1) is 8.16. The summed E-state index contributed by atoms with van der Waals surface area (Å²) in [5.41, 5.74) is 6.83. The second-order valence-electron chi connectivity index (χ2n) is 4.94. The molecule has 0 spiro atoms. The van der Waals surface area contributed by atoms with Crippen LogP contribution in [0.5, 0.6) is 5.75 Å². The van der Waals surface area contributed by atoms with Gasteiger partial charge in [-0.15, -0.1) is 0 Å². The van der Waals surface area contributed by atoms with Gasteiger partial charge in [-0.2, -0.15) is 0 Å². The molecule has 3 nitrogen and oxygen atoms in total. The lowest BCUT2D eigenvalue weighted by molar-refractivity contribution is -0.0355. The van der Waals surface area contributed by atoms with Crippen LogP contribution < -0.4 is 10.5 Å². The summed E-state index contributed by atoms with van der Waals surface area (Å²) in [5, 5.41) is 10.0. The largest absolute Gasteiger partial charge is 0.490 e. The zero-order valence-corrected chi connectivity index (χ0v) is 9.47. The Balaban J connectivity index is 2.01. The fourth-order valence-corrected chi connectivity index (χ4v) is 3.03. The van der Waals surface area contributed by atoms with Crippen molar-refractivity contribution in [1.29, 1.82) is 0 Å². The van der Waals surface area contributed by atoms with Gasteiger partial charge in [0.05, 0.1) is 6.10 Å².